The summed E-state index contributed by atoms with van der Waals surface area (Å²) in [5, 5.41) is 4.88. The molecule has 1 saturated heterocycles. The van der Waals surface area contributed by atoms with Crippen LogP contribution in [0.15, 0.2) is 11.4 Å². The predicted molar refractivity (Wildman–Crippen MR) is 92.0 cm³/mol. The summed E-state index contributed by atoms with van der Waals surface area (Å²) in [4.78, 5) is 27.1. The number of hydrogen-bond donors (Lipinski definition) is 1. The van der Waals surface area contributed by atoms with Crippen LogP contribution >= 0.6 is 11.3 Å². The highest BCUT2D eigenvalue weighted by atomic mass is 32.1. The van der Waals surface area contributed by atoms with E-state index in [1.165, 1.54) is 11.3 Å². The Morgan fingerprint density at radius 2 is 2.13 bits per heavy atom. The first-order chi connectivity index (χ1) is 10.8. The Kier molecular flexibility index (Phi) is 5.68. The van der Waals surface area contributed by atoms with Gasteiger partial charge in [-0.15, -0.1) is 11.3 Å². The Labute approximate surface area is 142 Å². The van der Waals surface area contributed by atoms with Crippen LogP contribution in [0, 0.1) is 6.92 Å². The minimum absolute atomic E-state index is 0.00261. The standard InChI is InChI=1S/C17H26N2O3S/c1-12-8-10-23-14(12)15(20)18-11-13-7-5-6-9-19(13)16(21)22-17(2,3)4/h8,10,13H,5-7,9,11H2,1-4H3,(H,18,20). The highest BCUT2D eigenvalue weighted by Gasteiger charge is 2.30. The largest absolute Gasteiger partial charge is 0.444 e. The van der Waals surface area contributed by atoms with Crippen LogP contribution in [0.5, 0.6) is 0 Å². The maximum Gasteiger partial charge on any atom is 0.410 e. The summed E-state index contributed by atoms with van der Waals surface area (Å²) in [6.45, 7) is 8.68. The van der Waals surface area contributed by atoms with Crippen molar-refractivity contribution in [2.24, 2.45) is 0 Å². The van der Waals surface area contributed by atoms with Crippen molar-refractivity contribution in [1.82, 2.24) is 10.2 Å². The van der Waals surface area contributed by atoms with Gasteiger partial charge < -0.3 is 15.0 Å². The highest BCUT2D eigenvalue weighted by molar-refractivity contribution is 7.12. The van der Waals surface area contributed by atoms with Gasteiger partial charge in [0.1, 0.15) is 5.60 Å². The second-order valence-corrected chi connectivity index (χ2v) is 7.88. The Morgan fingerprint density at radius 3 is 2.74 bits per heavy atom. The van der Waals surface area contributed by atoms with Gasteiger partial charge in [0.25, 0.3) is 5.91 Å². The minimum atomic E-state index is -0.504. The molecule has 2 amide bonds. The normalized spacial score (nSPS) is 18.6. The van der Waals surface area contributed by atoms with Crippen LogP contribution in [0.2, 0.25) is 0 Å². The lowest BCUT2D eigenvalue weighted by atomic mass is 10.0. The van der Waals surface area contributed by atoms with Crippen molar-refractivity contribution in [3.05, 3.63) is 21.9 Å². The van der Waals surface area contributed by atoms with Gasteiger partial charge in [0.2, 0.25) is 0 Å². The number of nitrogens with one attached hydrogen (secondary N) is 1. The number of likely N-dealkylation sites (tertiary alicyclic amines) is 1. The number of thiophene rings is 1. The molecule has 23 heavy (non-hydrogen) atoms. The third-order valence-corrected chi connectivity index (χ3v) is 4.84. The van der Waals surface area contributed by atoms with Crippen molar-refractivity contribution in [3.8, 4) is 0 Å². The van der Waals surface area contributed by atoms with E-state index in [9.17, 15) is 9.59 Å². The van der Waals surface area contributed by atoms with Gasteiger partial charge in [0.05, 0.1) is 10.9 Å². The summed E-state index contributed by atoms with van der Waals surface area (Å²) in [7, 11) is 0. The molecule has 1 aliphatic heterocycles. The zero-order valence-electron chi connectivity index (χ0n) is 14.3. The number of carbonyl (C=O) groups excluding carboxylic acids is 2. The second-order valence-electron chi connectivity index (χ2n) is 6.97. The van der Waals surface area contributed by atoms with E-state index in [4.69, 9.17) is 4.74 Å². The van der Waals surface area contributed by atoms with Gasteiger partial charge in [-0.25, -0.2) is 4.79 Å². The number of aryl methyl sites for hydroxylation is 1. The summed E-state index contributed by atoms with van der Waals surface area (Å²) in [6.07, 6.45) is 2.65. The van der Waals surface area contributed by atoms with Gasteiger partial charge in [-0.2, -0.15) is 0 Å². The van der Waals surface area contributed by atoms with Gasteiger partial charge >= 0.3 is 6.09 Å². The zero-order chi connectivity index (χ0) is 17.0. The van der Waals surface area contributed by atoms with E-state index in [0.717, 1.165) is 29.7 Å². The lowest BCUT2D eigenvalue weighted by molar-refractivity contribution is 0.00986. The maximum atomic E-state index is 12.3. The molecule has 2 rings (SSSR count). The molecule has 0 spiro atoms. The molecular weight excluding hydrogens is 312 g/mol. The fourth-order valence-corrected chi connectivity index (χ4v) is 3.51. The summed E-state index contributed by atoms with van der Waals surface area (Å²) in [5.41, 5.74) is 0.483. The molecule has 128 valence electrons. The quantitative estimate of drug-likeness (QED) is 0.916. The third kappa shape index (κ3) is 4.96. The van der Waals surface area contributed by atoms with E-state index in [2.05, 4.69) is 5.32 Å². The van der Waals surface area contributed by atoms with Crippen LogP contribution in [0.1, 0.15) is 55.3 Å². The van der Waals surface area contributed by atoms with Gasteiger partial charge in [-0.1, -0.05) is 0 Å². The zero-order valence-corrected chi connectivity index (χ0v) is 15.2. The molecule has 0 bridgehead atoms. The Bertz CT molecular complexity index is 562. The smallest absolute Gasteiger partial charge is 0.410 e. The molecular formula is C17H26N2O3S. The Balaban J connectivity index is 1.95. The monoisotopic (exact) mass is 338 g/mol. The van der Waals surface area contributed by atoms with Gasteiger partial charge in [-0.3, -0.25) is 4.79 Å². The maximum absolute atomic E-state index is 12.3. The summed E-state index contributed by atoms with van der Waals surface area (Å²) >= 11 is 1.44. The average Bonchev–Trinajstić information content (AvgIpc) is 2.89. The molecule has 0 aliphatic carbocycles. The number of nitrogens with zero attached hydrogens (tertiary/aromatic N) is 1. The Morgan fingerprint density at radius 1 is 1.39 bits per heavy atom. The summed E-state index contributed by atoms with van der Waals surface area (Å²) < 4.78 is 5.48. The van der Waals surface area contributed by atoms with E-state index < -0.39 is 5.60 Å². The topological polar surface area (TPSA) is 58.6 Å². The first kappa shape index (κ1) is 17.8. The van der Waals surface area contributed by atoms with Crippen molar-refractivity contribution in [2.45, 2.75) is 58.6 Å². The van der Waals surface area contributed by atoms with Crippen molar-refractivity contribution < 1.29 is 14.3 Å². The molecule has 1 aromatic rings. The molecule has 0 saturated carbocycles. The van der Waals surface area contributed by atoms with E-state index in [0.29, 0.717) is 13.1 Å². The lowest BCUT2D eigenvalue weighted by Crippen LogP contribution is -2.50. The van der Waals surface area contributed by atoms with E-state index in [-0.39, 0.29) is 18.0 Å². The van der Waals surface area contributed by atoms with Crippen LogP contribution in [0.4, 0.5) is 4.79 Å². The van der Waals surface area contributed by atoms with Crippen LogP contribution in [-0.4, -0.2) is 41.6 Å². The molecule has 1 aliphatic rings. The van der Waals surface area contributed by atoms with Crippen molar-refractivity contribution in [2.75, 3.05) is 13.1 Å². The highest BCUT2D eigenvalue weighted by Crippen LogP contribution is 2.21. The van der Waals surface area contributed by atoms with E-state index in [1.54, 1.807) is 4.90 Å². The fourth-order valence-electron chi connectivity index (χ4n) is 2.67. The molecule has 2 heterocycles. The van der Waals surface area contributed by atoms with Crippen molar-refractivity contribution in [1.29, 1.82) is 0 Å². The number of rotatable bonds is 3. The Hall–Kier alpha value is -1.56. The fraction of sp³-hybridized carbons (Fsp3) is 0.647. The number of piperidine rings is 1. The SMILES string of the molecule is Cc1ccsc1C(=O)NCC1CCCCN1C(=O)OC(C)(C)C. The molecule has 1 aromatic heterocycles. The van der Waals surface area contributed by atoms with Crippen LogP contribution in [0.25, 0.3) is 0 Å². The summed E-state index contributed by atoms with van der Waals surface area (Å²) in [5.74, 6) is -0.0628. The number of hydrogen-bond acceptors (Lipinski definition) is 4. The van der Waals surface area contributed by atoms with Gasteiger partial charge in [0.15, 0.2) is 0 Å². The third-order valence-electron chi connectivity index (χ3n) is 3.82. The molecule has 1 unspecified atom stereocenters. The first-order valence-corrected chi connectivity index (χ1v) is 8.98. The number of carbonyl (C=O) groups is 2. The molecule has 0 aromatic carbocycles. The molecule has 5 nitrogen and oxygen atoms in total. The van der Waals surface area contributed by atoms with Crippen molar-refractivity contribution in [3.63, 3.8) is 0 Å². The van der Waals surface area contributed by atoms with E-state index >= 15 is 0 Å². The predicted octanol–water partition coefficient (Wildman–Crippen LogP) is 3.58. The molecule has 6 heteroatoms. The molecule has 1 fully saturated rings. The molecule has 1 N–H and O–H groups in total. The minimum Gasteiger partial charge on any atom is -0.444 e. The number of ether oxygens (including phenoxy) is 1. The van der Waals surface area contributed by atoms with Crippen LogP contribution in [-0.2, 0) is 4.74 Å². The average molecular weight is 338 g/mol. The first-order valence-electron chi connectivity index (χ1n) is 8.10. The van der Waals surface area contributed by atoms with Crippen LogP contribution < -0.4 is 5.32 Å². The van der Waals surface area contributed by atoms with Crippen molar-refractivity contribution >= 4 is 23.3 Å². The molecule has 0 radical (unpaired) electrons. The summed E-state index contributed by atoms with van der Waals surface area (Å²) in [6, 6.07) is 1.94. The lowest BCUT2D eigenvalue weighted by Gasteiger charge is -2.36. The van der Waals surface area contributed by atoms with Gasteiger partial charge in [0, 0.05) is 13.1 Å². The second kappa shape index (κ2) is 7.34. The van der Waals surface area contributed by atoms with E-state index in [1.807, 2.05) is 39.1 Å². The molecule has 1 atom stereocenters. The number of amides is 2. The van der Waals surface area contributed by atoms with Crippen LogP contribution in [0.3, 0.4) is 0 Å². The van der Waals surface area contributed by atoms with Gasteiger partial charge in [-0.05, 0) is 64.0 Å².